The molecule has 1 heterocycles. The first-order chi connectivity index (χ1) is 8.29. The Morgan fingerprint density at radius 3 is 3.00 bits per heavy atom. The fourth-order valence-corrected chi connectivity index (χ4v) is 3.91. The quantitative estimate of drug-likeness (QED) is 0.863. The van der Waals surface area contributed by atoms with Crippen LogP contribution in [0.4, 0.5) is 0 Å². The summed E-state index contributed by atoms with van der Waals surface area (Å²) < 4.78 is 0. The van der Waals surface area contributed by atoms with Gasteiger partial charge in [-0.15, -0.1) is 0 Å². The van der Waals surface area contributed by atoms with Gasteiger partial charge in [0.15, 0.2) is 0 Å². The standard InChI is InChI=1S/C14H21NOS/c1-15-13(14-7-2-3-8-17-14)10-11-5-4-6-12(16)9-11/h4-6,9,13-16H,2-3,7-8,10H2,1H3. The Hall–Kier alpha value is -0.670. The molecule has 1 saturated heterocycles. The van der Waals surface area contributed by atoms with Gasteiger partial charge in [-0.3, -0.25) is 0 Å². The Balaban J connectivity index is 1.98. The third kappa shape index (κ3) is 3.65. The minimum atomic E-state index is 0.369. The summed E-state index contributed by atoms with van der Waals surface area (Å²) in [5.74, 6) is 1.66. The molecule has 0 radical (unpaired) electrons. The lowest BCUT2D eigenvalue weighted by Crippen LogP contribution is -2.38. The number of hydrogen-bond acceptors (Lipinski definition) is 3. The van der Waals surface area contributed by atoms with E-state index in [0.717, 1.165) is 11.7 Å². The number of likely N-dealkylation sites (N-methyl/N-ethyl adjacent to an activating group) is 1. The van der Waals surface area contributed by atoms with Crippen LogP contribution in [0.5, 0.6) is 5.75 Å². The number of phenols is 1. The van der Waals surface area contributed by atoms with E-state index in [2.05, 4.69) is 23.1 Å². The SMILES string of the molecule is CNC(Cc1cccc(O)c1)C1CCCCS1. The smallest absolute Gasteiger partial charge is 0.115 e. The number of benzene rings is 1. The largest absolute Gasteiger partial charge is 0.508 e. The molecule has 0 aromatic heterocycles. The van der Waals surface area contributed by atoms with Gasteiger partial charge in [-0.25, -0.2) is 0 Å². The summed E-state index contributed by atoms with van der Waals surface area (Å²) >= 11 is 2.09. The third-order valence-corrected chi connectivity index (χ3v) is 4.92. The maximum absolute atomic E-state index is 9.48. The summed E-state index contributed by atoms with van der Waals surface area (Å²) in [5.41, 5.74) is 1.22. The zero-order chi connectivity index (χ0) is 12.1. The molecule has 1 fully saturated rings. The Labute approximate surface area is 108 Å². The molecule has 1 aliphatic rings. The highest BCUT2D eigenvalue weighted by Gasteiger charge is 2.23. The fraction of sp³-hybridized carbons (Fsp3) is 0.571. The van der Waals surface area contributed by atoms with E-state index >= 15 is 0 Å². The number of hydrogen-bond donors (Lipinski definition) is 2. The van der Waals surface area contributed by atoms with E-state index in [1.807, 2.05) is 19.2 Å². The molecule has 3 heteroatoms. The molecule has 2 atom stereocenters. The van der Waals surface area contributed by atoms with Gasteiger partial charge in [0.25, 0.3) is 0 Å². The van der Waals surface area contributed by atoms with E-state index in [1.54, 1.807) is 6.07 Å². The lowest BCUT2D eigenvalue weighted by molar-refractivity contribution is 0.470. The van der Waals surface area contributed by atoms with Crippen LogP contribution in [0.15, 0.2) is 24.3 Å². The van der Waals surface area contributed by atoms with Gasteiger partial charge in [0, 0.05) is 11.3 Å². The predicted octanol–water partition coefficient (Wildman–Crippen LogP) is 2.81. The molecule has 2 N–H and O–H groups in total. The number of phenolic OH excluding ortho intramolecular Hbond substituents is 1. The highest BCUT2D eigenvalue weighted by molar-refractivity contribution is 8.00. The molecule has 2 unspecified atom stereocenters. The van der Waals surface area contributed by atoms with Gasteiger partial charge < -0.3 is 10.4 Å². The number of aromatic hydroxyl groups is 1. The molecule has 2 nitrogen and oxygen atoms in total. The van der Waals surface area contributed by atoms with Gasteiger partial charge in [-0.05, 0) is 49.8 Å². The molecule has 0 bridgehead atoms. The maximum atomic E-state index is 9.48. The van der Waals surface area contributed by atoms with E-state index in [4.69, 9.17) is 0 Å². The van der Waals surface area contributed by atoms with Crippen molar-refractivity contribution in [2.24, 2.45) is 0 Å². The summed E-state index contributed by atoms with van der Waals surface area (Å²) in [6, 6.07) is 8.13. The van der Waals surface area contributed by atoms with E-state index in [9.17, 15) is 5.11 Å². The monoisotopic (exact) mass is 251 g/mol. The van der Waals surface area contributed by atoms with Gasteiger partial charge in [0.1, 0.15) is 5.75 Å². The highest BCUT2D eigenvalue weighted by Crippen LogP contribution is 2.29. The van der Waals surface area contributed by atoms with Crippen molar-refractivity contribution in [3.8, 4) is 5.75 Å². The molecule has 0 saturated carbocycles. The van der Waals surface area contributed by atoms with E-state index in [1.165, 1.54) is 30.6 Å². The summed E-state index contributed by atoms with van der Waals surface area (Å²) in [6.45, 7) is 0. The summed E-state index contributed by atoms with van der Waals surface area (Å²) in [5, 5.41) is 13.6. The Morgan fingerprint density at radius 1 is 1.47 bits per heavy atom. The van der Waals surface area contributed by atoms with Crippen LogP contribution in [0.2, 0.25) is 0 Å². The molecular formula is C14H21NOS. The van der Waals surface area contributed by atoms with Crippen molar-refractivity contribution in [1.29, 1.82) is 0 Å². The topological polar surface area (TPSA) is 32.3 Å². The average molecular weight is 251 g/mol. The van der Waals surface area contributed by atoms with E-state index < -0.39 is 0 Å². The van der Waals surface area contributed by atoms with Crippen molar-refractivity contribution < 1.29 is 5.11 Å². The Kier molecular flexibility index (Phi) is 4.75. The van der Waals surface area contributed by atoms with Gasteiger partial charge in [-0.1, -0.05) is 18.6 Å². The van der Waals surface area contributed by atoms with Crippen LogP contribution in [0.25, 0.3) is 0 Å². The van der Waals surface area contributed by atoms with Gasteiger partial charge in [0.05, 0.1) is 0 Å². The summed E-state index contributed by atoms with van der Waals surface area (Å²) in [6.07, 6.45) is 5.04. The first-order valence-corrected chi connectivity index (χ1v) is 7.41. The van der Waals surface area contributed by atoms with Crippen molar-refractivity contribution in [1.82, 2.24) is 5.32 Å². The average Bonchev–Trinajstić information content (AvgIpc) is 2.37. The van der Waals surface area contributed by atoms with Crippen LogP contribution in [0, 0.1) is 0 Å². The summed E-state index contributed by atoms with van der Waals surface area (Å²) in [7, 11) is 2.04. The maximum Gasteiger partial charge on any atom is 0.115 e. The van der Waals surface area contributed by atoms with Crippen molar-refractivity contribution >= 4 is 11.8 Å². The van der Waals surface area contributed by atoms with Crippen molar-refractivity contribution in [3.05, 3.63) is 29.8 Å². The molecule has 1 aliphatic heterocycles. The van der Waals surface area contributed by atoms with Crippen molar-refractivity contribution in [2.75, 3.05) is 12.8 Å². The van der Waals surface area contributed by atoms with E-state index in [-0.39, 0.29) is 0 Å². The van der Waals surface area contributed by atoms with Crippen LogP contribution in [0.3, 0.4) is 0 Å². The molecular weight excluding hydrogens is 230 g/mol. The Bertz CT molecular complexity index is 350. The second kappa shape index (κ2) is 6.31. The predicted molar refractivity (Wildman–Crippen MR) is 74.8 cm³/mol. The van der Waals surface area contributed by atoms with Gasteiger partial charge in [-0.2, -0.15) is 11.8 Å². The highest BCUT2D eigenvalue weighted by atomic mass is 32.2. The van der Waals surface area contributed by atoms with Gasteiger partial charge in [0.2, 0.25) is 0 Å². The second-order valence-corrected chi connectivity index (χ2v) is 6.02. The molecule has 0 spiro atoms. The molecule has 2 rings (SSSR count). The second-order valence-electron chi connectivity index (χ2n) is 4.67. The van der Waals surface area contributed by atoms with Crippen LogP contribution < -0.4 is 5.32 Å². The minimum absolute atomic E-state index is 0.369. The number of nitrogens with one attached hydrogen (secondary N) is 1. The molecule has 0 amide bonds. The first kappa shape index (κ1) is 12.8. The van der Waals surface area contributed by atoms with Gasteiger partial charge >= 0.3 is 0 Å². The zero-order valence-corrected chi connectivity index (χ0v) is 11.2. The lowest BCUT2D eigenvalue weighted by atomic mass is 9.99. The fourth-order valence-electron chi connectivity index (χ4n) is 2.44. The van der Waals surface area contributed by atoms with Crippen molar-refractivity contribution in [2.45, 2.75) is 37.0 Å². The minimum Gasteiger partial charge on any atom is -0.508 e. The van der Waals surface area contributed by atoms with Crippen LogP contribution in [-0.4, -0.2) is 29.2 Å². The van der Waals surface area contributed by atoms with Crippen molar-refractivity contribution in [3.63, 3.8) is 0 Å². The number of rotatable bonds is 4. The first-order valence-electron chi connectivity index (χ1n) is 6.36. The van der Waals surface area contributed by atoms with Crippen LogP contribution in [-0.2, 0) is 6.42 Å². The molecule has 17 heavy (non-hydrogen) atoms. The number of thioether (sulfide) groups is 1. The summed E-state index contributed by atoms with van der Waals surface area (Å²) in [4.78, 5) is 0. The molecule has 1 aromatic carbocycles. The van der Waals surface area contributed by atoms with Crippen LogP contribution >= 0.6 is 11.8 Å². The molecule has 94 valence electrons. The zero-order valence-electron chi connectivity index (χ0n) is 10.4. The molecule has 0 aliphatic carbocycles. The Morgan fingerprint density at radius 2 is 2.35 bits per heavy atom. The lowest BCUT2D eigenvalue weighted by Gasteiger charge is -2.29. The normalized spacial score (nSPS) is 22.3. The third-order valence-electron chi connectivity index (χ3n) is 3.40. The molecule has 1 aromatic rings. The van der Waals surface area contributed by atoms with E-state index in [0.29, 0.717) is 11.8 Å². The van der Waals surface area contributed by atoms with Crippen LogP contribution in [0.1, 0.15) is 24.8 Å².